The molecule has 0 aromatic carbocycles. The normalized spacial score (nSPS) is 23.3. The third-order valence-corrected chi connectivity index (χ3v) is 3.90. The van der Waals surface area contributed by atoms with Gasteiger partial charge in [0.05, 0.1) is 6.54 Å². The molecular weight excluding hydrogens is 190 g/mol. The highest BCUT2D eigenvalue weighted by atomic mass is 16.4. The molecule has 0 atom stereocenters. The number of hydrogen-bond acceptors (Lipinski definition) is 2. The molecule has 0 bridgehead atoms. The molecular formula is C12H21NO2. The van der Waals surface area contributed by atoms with Gasteiger partial charge in [0.1, 0.15) is 0 Å². The summed E-state index contributed by atoms with van der Waals surface area (Å²) in [5, 5.41) is 8.91. The predicted octanol–water partition coefficient (Wildman–Crippen LogP) is 2.12. The van der Waals surface area contributed by atoms with Crippen LogP contribution in [0.5, 0.6) is 0 Å². The lowest BCUT2D eigenvalue weighted by Gasteiger charge is -2.34. The van der Waals surface area contributed by atoms with E-state index in [1.807, 2.05) is 0 Å². The molecule has 0 unspecified atom stereocenters. The molecule has 0 saturated heterocycles. The van der Waals surface area contributed by atoms with Crippen LogP contribution in [0.3, 0.4) is 0 Å². The van der Waals surface area contributed by atoms with E-state index in [1.165, 1.54) is 44.9 Å². The van der Waals surface area contributed by atoms with Crippen molar-refractivity contribution in [3.63, 3.8) is 0 Å². The van der Waals surface area contributed by atoms with E-state index in [4.69, 9.17) is 5.11 Å². The van der Waals surface area contributed by atoms with Gasteiger partial charge in [-0.25, -0.2) is 0 Å². The van der Waals surface area contributed by atoms with Crippen LogP contribution in [-0.2, 0) is 4.79 Å². The molecule has 3 heteroatoms. The van der Waals surface area contributed by atoms with E-state index in [0.29, 0.717) is 6.04 Å². The van der Waals surface area contributed by atoms with Gasteiger partial charge in [0.15, 0.2) is 0 Å². The van der Waals surface area contributed by atoms with Crippen LogP contribution in [0.1, 0.15) is 44.9 Å². The van der Waals surface area contributed by atoms with Crippen LogP contribution in [-0.4, -0.2) is 35.1 Å². The van der Waals surface area contributed by atoms with E-state index < -0.39 is 5.97 Å². The van der Waals surface area contributed by atoms with Crippen molar-refractivity contribution >= 4 is 5.97 Å². The van der Waals surface area contributed by atoms with Crippen LogP contribution in [0.4, 0.5) is 0 Å². The minimum Gasteiger partial charge on any atom is -0.480 e. The highest BCUT2D eigenvalue weighted by Gasteiger charge is 2.28. The van der Waals surface area contributed by atoms with Crippen molar-refractivity contribution in [2.45, 2.75) is 51.0 Å². The summed E-state index contributed by atoms with van der Waals surface area (Å²) in [4.78, 5) is 13.0. The third-order valence-electron chi connectivity index (χ3n) is 3.90. The minimum atomic E-state index is -0.666. The van der Waals surface area contributed by atoms with Gasteiger partial charge in [-0.05, 0) is 31.6 Å². The smallest absolute Gasteiger partial charge is 0.317 e. The van der Waals surface area contributed by atoms with Gasteiger partial charge in [0, 0.05) is 12.6 Å². The molecule has 0 aromatic rings. The first-order chi connectivity index (χ1) is 7.25. The van der Waals surface area contributed by atoms with Crippen LogP contribution >= 0.6 is 0 Å². The Labute approximate surface area is 91.5 Å². The standard InChI is InChI=1S/C12H21NO2/c14-12(15)9-13(8-10-4-3-5-10)11-6-1-2-7-11/h10-11H,1-9H2,(H,14,15). The molecule has 86 valence electrons. The van der Waals surface area contributed by atoms with E-state index >= 15 is 0 Å². The fourth-order valence-electron chi connectivity index (χ4n) is 2.79. The molecule has 2 aliphatic rings. The Hall–Kier alpha value is -0.570. The Bertz CT molecular complexity index is 220. The molecule has 0 spiro atoms. The Kier molecular flexibility index (Phi) is 3.62. The molecule has 0 aliphatic heterocycles. The van der Waals surface area contributed by atoms with Gasteiger partial charge in [-0.2, -0.15) is 0 Å². The maximum Gasteiger partial charge on any atom is 0.317 e. The maximum absolute atomic E-state index is 10.8. The van der Waals surface area contributed by atoms with Gasteiger partial charge in [0.25, 0.3) is 0 Å². The first kappa shape index (κ1) is 10.9. The second-order valence-corrected chi connectivity index (χ2v) is 5.06. The Morgan fingerprint density at radius 3 is 2.27 bits per heavy atom. The van der Waals surface area contributed by atoms with Gasteiger partial charge in [-0.15, -0.1) is 0 Å². The average Bonchev–Trinajstić information content (AvgIpc) is 2.60. The topological polar surface area (TPSA) is 40.5 Å². The fraction of sp³-hybridized carbons (Fsp3) is 0.917. The van der Waals surface area contributed by atoms with Crippen molar-refractivity contribution in [3.05, 3.63) is 0 Å². The van der Waals surface area contributed by atoms with E-state index in [2.05, 4.69) is 4.90 Å². The summed E-state index contributed by atoms with van der Waals surface area (Å²) < 4.78 is 0. The fourth-order valence-corrected chi connectivity index (χ4v) is 2.79. The lowest BCUT2D eigenvalue weighted by molar-refractivity contribution is -0.139. The maximum atomic E-state index is 10.8. The molecule has 2 rings (SSSR count). The molecule has 0 heterocycles. The second kappa shape index (κ2) is 4.97. The average molecular weight is 211 g/mol. The summed E-state index contributed by atoms with van der Waals surface area (Å²) in [5.41, 5.74) is 0. The Morgan fingerprint density at radius 1 is 1.13 bits per heavy atom. The molecule has 1 N–H and O–H groups in total. The zero-order valence-corrected chi connectivity index (χ0v) is 9.32. The number of carbonyl (C=O) groups is 1. The SMILES string of the molecule is O=C(O)CN(CC1CCC1)C1CCCC1. The molecule has 2 saturated carbocycles. The summed E-state index contributed by atoms with van der Waals surface area (Å²) in [6, 6.07) is 0.557. The monoisotopic (exact) mass is 211 g/mol. The van der Waals surface area contributed by atoms with Crippen molar-refractivity contribution < 1.29 is 9.90 Å². The predicted molar refractivity (Wildman–Crippen MR) is 58.8 cm³/mol. The highest BCUT2D eigenvalue weighted by Crippen LogP contribution is 2.30. The van der Waals surface area contributed by atoms with Gasteiger partial charge in [-0.1, -0.05) is 19.3 Å². The molecule has 2 fully saturated rings. The molecule has 2 aliphatic carbocycles. The van der Waals surface area contributed by atoms with Crippen molar-refractivity contribution in [3.8, 4) is 0 Å². The molecule has 0 amide bonds. The lowest BCUT2D eigenvalue weighted by Crippen LogP contribution is -2.42. The van der Waals surface area contributed by atoms with E-state index in [1.54, 1.807) is 0 Å². The largest absolute Gasteiger partial charge is 0.480 e. The summed E-state index contributed by atoms with van der Waals surface area (Å²) in [6.45, 7) is 1.28. The summed E-state index contributed by atoms with van der Waals surface area (Å²) in [7, 11) is 0. The first-order valence-electron chi connectivity index (χ1n) is 6.21. The second-order valence-electron chi connectivity index (χ2n) is 5.06. The number of nitrogens with zero attached hydrogens (tertiary/aromatic N) is 1. The molecule has 0 radical (unpaired) electrons. The number of carboxylic acids is 1. The number of rotatable bonds is 5. The summed E-state index contributed by atoms with van der Waals surface area (Å²) in [5.74, 6) is 0.117. The quantitative estimate of drug-likeness (QED) is 0.757. The van der Waals surface area contributed by atoms with Gasteiger partial charge in [-0.3, -0.25) is 9.69 Å². The van der Waals surface area contributed by atoms with Crippen molar-refractivity contribution in [1.29, 1.82) is 0 Å². The highest BCUT2D eigenvalue weighted by molar-refractivity contribution is 5.69. The summed E-state index contributed by atoms with van der Waals surface area (Å²) >= 11 is 0. The molecule has 3 nitrogen and oxygen atoms in total. The lowest BCUT2D eigenvalue weighted by atomic mass is 9.85. The van der Waals surface area contributed by atoms with Crippen LogP contribution in [0.25, 0.3) is 0 Å². The van der Waals surface area contributed by atoms with Crippen LogP contribution < -0.4 is 0 Å². The van der Waals surface area contributed by atoms with Crippen molar-refractivity contribution in [2.24, 2.45) is 5.92 Å². The molecule has 15 heavy (non-hydrogen) atoms. The van der Waals surface area contributed by atoms with Crippen LogP contribution in [0.15, 0.2) is 0 Å². The van der Waals surface area contributed by atoms with Gasteiger partial charge in [0.2, 0.25) is 0 Å². The number of hydrogen-bond donors (Lipinski definition) is 1. The van der Waals surface area contributed by atoms with Crippen molar-refractivity contribution in [2.75, 3.05) is 13.1 Å². The minimum absolute atomic E-state index is 0.251. The van der Waals surface area contributed by atoms with Crippen LogP contribution in [0, 0.1) is 5.92 Å². The number of carboxylic acid groups (broad SMARTS) is 1. The van der Waals surface area contributed by atoms with Gasteiger partial charge >= 0.3 is 5.97 Å². The van der Waals surface area contributed by atoms with E-state index in [0.717, 1.165) is 12.5 Å². The van der Waals surface area contributed by atoms with Gasteiger partial charge < -0.3 is 5.11 Å². The zero-order valence-electron chi connectivity index (χ0n) is 9.32. The first-order valence-corrected chi connectivity index (χ1v) is 6.21. The Morgan fingerprint density at radius 2 is 1.80 bits per heavy atom. The van der Waals surface area contributed by atoms with E-state index in [9.17, 15) is 4.79 Å². The third kappa shape index (κ3) is 2.94. The van der Waals surface area contributed by atoms with Crippen LogP contribution in [0.2, 0.25) is 0 Å². The van der Waals surface area contributed by atoms with E-state index in [-0.39, 0.29) is 6.54 Å². The zero-order chi connectivity index (χ0) is 10.7. The molecule has 0 aromatic heterocycles. The Balaban J connectivity index is 1.85. The summed E-state index contributed by atoms with van der Waals surface area (Å²) in [6.07, 6.45) is 8.94. The van der Waals surface area contributed by atoms with Crippen molar-refractivity contribution in [1.82, 2.24) is 4.90 Å². The number of aliphatic carboxylic acids is 1.